The zero-order chi connectivity index (χ0) is 8.15. The van der Waals surface area contributed by atoms with Crippen LogP contribution >= 0.6 is 11.6 Å². The number of alkyl halides is 1. The summed E-state index contributed by atoms with van der Waals surface area (Å²) in [7, 11) is 0. The highest BCUT2D eigenvalue weighted by atomic mass is 35.5. The van der Waals surface area contributed by atoms with Crippen molar-refractivity contribution in [3.63, 3.8) is 0 Å². The third kappa shape index (κ3) is 2.50. The third-order valence-corrected chi connectivity index (χ3v) is 0.896. The van der Waals surface area contributed by atoms with Crippen LogP contribution in [0.2, 0.25) is 0 Å². The fraction of sp³-hybridized carbons (Fsp3) is 0.200. The topological polar surface area (TPSA) is 74.6 Å². The maximum atomic E-state index is 10.0. The van der Waals surface area contributed by atoms with E-state index < -0.39 is 17.5 Å². The minimum absolute atomic E-state index is 0.117. The second-order valence-corrected chi connectivity index (χ2v) is 1.69. The maximum absolute atomic E-state index is 10.0. The van der Waals surface area contributed by atoms with Crippen molar-refractivity contribution in [2.24, 2.45) is 0 Å². The van der Waals surface area contributed by atoms with Gasteiger partial charge in [0.25, 0.3) is 0 Å². The lowest BCUT2D eigenvalue weighted by atomic mass is 10.3. The Labute approximate surface area is 61.7 Å². The van der Waals surface area contributed by atoms with Gasteiger partial charge in [0.15, 0.2) is 0 Å². The lowest BCUT2D eigenvalue weighted by molar-refractivity contribution is -0.140. The first-order valence-electron chi connectivity index (χ1n) is 2.32. The van der Waals surface area contributed by atoms with E-state index in [0.29, 0.717) is 0 Å². The van der Waals surface area contributed by atoms with Crippen LogP contribution in [-0.4, -0.2) is 28.0 Å². The van der Waals surface area contributed by atoms with E-state index in [0.717, 1.165) is 6.08 Å². The quantitative estimate of drug-likeness (QED) is 0.273. The molecular formula is C5H5ClO4. The molecule has 0 aliphatic heterocycles. The second kappa shape index (κ2) is 3.90. The molecule has 5 heteroatoms. The Kier molecular flexibility index (Phi) is 3.49. The highest BCUT2D eigenvalue weighted by Crippen LogP contribution is 1.95. The highest BCUT2D eigenvalue weighted by Gasteiger charge is 2.14. The van der Waals surface area contributed by atoms with Crippen LogP contribution in [0.3, 0.4) is 0 Å². The predicted molar refractivity (Wildman–Crippen MR) is 34.1 cm³/mol. The van der Waals surface area contributed by atoms with Gasteiger partial charge in [-0.1, -0.05) is 0 Å². The Morgan fingerprint density at radius 1 is 1.30 bits per heavy atom. The summed E-state index contributed by atoms with van der Waals surface area (Å²) in [5, 5.41) is 16.3. The van der Waals surface area contributed by atoms with E-state index >= 15 is 0 Å². The van der Waals surface area contributed by atoms with Gasteiger partial charge in [-0.05, 0) is 6.08 Å². The number of hydrogen-bond donors (Lipinski definition) is 2. The molecule has 0 amide bonds. The molecule has 0 rings (SSSR count). The fourth-order valence-corrected chi connectivity index (χ4v) is 0.498. The Hall–Kier alpha value is -1.03. The first-order valence-corrected chi connectivity index (χ1v) is 2.85. The molecule has 2 N–H and O–H groups in total. The second-order valence-electron chi connectivity index (χ2n) is 1.38. The molecule has 56 valence electrons. The number of carboxylic acid groups (broad SMARTS) is 2. The summed E-state index contributed by atoms with van der Waals surface area (Å²) in [6.07, 6.45) is 0.923. The van der Waals surface area contributed by atoms with Gasteiger partial charge in [0.1, 0.15) is 5.57 Å². The van der Waals surface area contributed by atoms with Gasteiger partial charge in [0, 0.05) is 5.88 Å². The SMILES string of the molecule is O=C(O)C(=CCCl)C(=O)O. The number of aliphatic carboxylic acids is 2. The Morgan fingerprint density at radius 3 is 1.80 bits per heavy atom. The number of halogens is 1. The van der Waals surface area contributed by atoms with Crippen molar-refractivity contribution in [3.05, 3.63) is 11.6 Å². The first kappa shape index (κ1) is 8.97. The molecule has 0 unspecified atom stereocenters. The Bertz CT molecular complexity index is 168. The average Bonchev–Trinajstić information content (AvgIpc) is 1.81. The lowest BCUT2D eigenvalue weighted by Crippen LogP contribution is -2.11. The minimum atomic E-state index is -1.48. The van der Waals surface area contributed by atoms with Crippen molar-refractivity contribution in [2.45, 2.75) is 0 Å². The number of carboxylic acids is 2. The van der Waals surface area contributed by atoms with Crippen LogP contribution in [0.5, 0.6) is 0 Å². The molecule has 0 atom stereocenters. The van der Waals surface area contributed by atoms with Crippen LogP contribution in [0.25, 0.3) is 0 Å². The number of rotatable bonds is 3. The zero-order valence-electron chi connectivity index (χ0n) is 4.87. The molecule has 0 aliphatic carbocycles. The normalized spacial score (nSPS) is 8.50. The van der Waals surface area contributed by atoms with E-state index in [4.69, 9.17) is 21.8 Å². The van der Waals surface area contributed by atoms with E-state index in [2.05, 4.69) is 0 Å². The van der Waals surface area contributed by atoms with Gasteiger partial charge in [0.2, 0.25) is 0 Å². The van der Waals surface area contributed by atoms with E-state index in [1.807, 2.05) is 0 Å². The first-order chi connectivity index (χ1) is 4.59. The van der Waals surface area contributed by atoms with Crippen molar-refractivity contribution in [1.29, 1.82) is 0 Å². The summed E-state index contributed by atoms with van der Waals surface area (Å²) in [5.74, 6) is -3.07. The smallest absolute Gasteiger partial charge is 0.342 e. The molecular weight excluding hydrogens is 160 g/mol. The van der Waals surface area contributed by atoms with Crippen LogP contribution in [0.15, 0.2) is 11.6 Å². The number of hydrogen-bond acceptors (Lipinski definition) is 2. The lowest BCUT2D eigenvalue weighted by Gasteiger charge is -1.90. The number of allylic oxidation sites excluding steroid dienone is 1. The Balaban J connectivity index is 4.42. The van der Waals surface area contributed by atoms with Gasteiger partial charge in [-0.25, -0.2) is 9.59 Å². The van der Waals surface area contributed by atoms with Gasteiger partial charge < -0.3 is 10.2 Å². The van der Waals surface area contributed by atoms with Crippen molar-refractivity contribution in [2.75, 3.05) is 5.88 Å². The van der Waals surface area contributed by atoms with Crippen molar-refractivity contribution < 1.29 is 19.8 Å². The van der Waals surface area contributed by atoms with Gasteiger partial charge in [-0.2, -0.15) is 0 Å². The largest absolute Gasteiger partial charge is 0.477 e. The molecule has 0 heterocycles. The summed E-state index contributed by atoms with van der Waals surface area (Å²) in [6, 6.07) is 0. The summed E-state index contributed by atoms with van der Waals surface area (Å²) < 4.78 is 0. The van der Waals surface area contributed by atoms with Gasteiger partial charge in [0.05, 0.1) is 0 Å². The van der Waals surface area contributed by atoms with E-state index in [1.165, 1.54) is 0 Å². The van der Waals surface area contributed by atoms with Crippen LogP contribution in [0.4, 0.5) is 0 Å². The fourth-order valence-electron chi connectivity index (χ4n) is 0.343. The van der Waals surface area contributed by atoms with Gasteiger partial charge in [-0.15, -0.1) is 11.6 Å². The molecule has 4 nitrogen and oxygen atoms in total. The molecule has 0 saturated carbocycles. The third-order valence-electron chi connectivity index (χ3n) is 0.742. The van der Waals surface area contributed by atoms with Crippen molar-refractivity contribution >= 4 is 23.5 Å². The number of carbonyl (C=O) groups is 2. The monoisotopic (exact) mass is 164 g/mol. The van der Waals surface area contributed by atoms with Crippen LogP contribution in [0.1, 0.15) is 0 Å². The average molecular weight is 165 g/mol. The standard InChI is InChI=1S/C5H5ClO4/c6-2-1-3(4(7)8)5(9)10/h1H,2H2,(H,7,8)(H,9,10). The Morgan fingerprint density at radius 2 is 1.70 bits per heavy atom. The van der Waals surface area contributed by atoms with E-state index in [9.17, 15) is 9.59 Å². The molecule has 0 spiro atoms. The molecule has 10 heavy (non-hydrogen) atoms. The predicted octanol–water partition coefficient (Wildman–Crippen LogP) is 0.321. The van der Waals surface area contributed by atoms with Gasteiger partial charge in [-0.3, -0.25) is 0 Å². The summed E-state index contributed by atoms with van der Waals surface area (Å²) in [4.78, 5) is 20.0. The van der Waals surface area contributed by atoms with Crippen molar-refractivity contribution in [1.82, 2.24) is 0 Å². The van der Waals surface area contributed by atoms with E-state index in [1.54, 1.807) is 0 Å². The zero-order valence-corrected chi connectivity index (χ0v) is 5.63. The molecule has 0 bridgehead atoms. The summed E-state index contributed by atoms with van der Waals surface area (Å²) >= 11 is 5.08. The molecule has 0 aromatic heterocycles. The molecule has 0 saturated heterocycles. The molecule has 0 fully saturated rings. The van der Waals surface area contributed by atoms with Gasteiger partial charge >= 0.3 is 11.9 Å². The molecule has 0 aromatic carbocycles. The van der Waals surface area contributed by atoms with Crippen LogP contribution < -0.4 is 0 Å². The molecule has 0 radical (unpaired) electrons. The maximum Gasteiger partial charge on any atom is 0.342 e. The summed E-state index contributed by atoms with van der Waals surface area (Å²) in [5.41, 5.74) is -0.699. The summed E-state index contributed by atoms with van der Waals surface area (Å²) in [6.45, 7) is 0. The van der Waals surface area contributed by atoms with Crippen LogP contribution in [0, 0.1) is 0 Å². The minimum Gasteiger partial charge on any atom is -0.477 e. The van der Waals surface area contributed by atoms with Crippen molar-refractivity contribution in [3.8, 4) is 0 Å². The highest BCUT2D eigenvalue weighted by molar-refractivity contribution is 6.20. The molecule has 0 aromatic rings. The van der Waals surface area contributed by atoms with E-state index in [-0.39, 0.29) is 5.88 Å². The van der Waals surface area contributed by atoms with Crippen LogP contribution in [-0.2, 0) is 9.59 Å². The molecule has 0 aliphatic rings.